The minimum Gasteiger partial charge on any atom is -0.507 e. The van der Waals surface area contributed by atoms with Crippen LogP contribution in [0, 0.1) is 6.92 Å². The summed E-state index contributed by atoms with van der Waals surface area (Å²) < 4.78 is 2.24. The maximum absolute atomic E-state index is 10.2. The number of hydrogen-bond acceptors (Lipinski definition) is 6. The summed E-state index contributed by atoms with van der Waals surface area (Å²) in [6.45, 7) is 8.75. The summed E-state index contributed by atoms with van der Waals surface area (Å²) in [6, 6.07) is 9.18. The van der Waals surface area contributed by atoms with E-state index in [0.29, 0.717) is 17.3 Å². The molecule has 3 aromatic rings. The molecule has 0 aliphatic carbocycles. The number of hydrogen-bond donors (Lipinski definition) is 1. The molecular formula is C20H24N6O. The highest BCUT2D eigenvalue weighted by Gasteiger charge is 2.21. The molecular weight excluding hydrogens is 340 g/mol. The number of aryl methyl sites for hydroxylation is 1. The van der Waals surface area contributed by atoms with Gasteiger partial charge in [0.25, 0.3) is 0 Å². The third-order valence-corrected chi connectivity index (χ3v) is 4.88. The van der Waals surface area contributed by atoms with Gasteiger partial charge in [-0.25, -0.2) is 9.97 Å². The van der Waals surface area contributed by atoms with Crippen LogP contribution in [0.5, 0.6) is 5.75 Å². The van der Waals surface area contributed by atoms with Gasteiger partial charge in [-0.15, -0.1) is 10.2 Å². The minimum atomic E-state index is 0.192. The summed E-state index contributed by atoms with van der Waals surface area (Å²) >= 11 is 0. The van der Waals surface area contributed by atoms with Crippen LogP contribution in [-0.2, 0) is 13.0 Å². The number of phenolic OH excluding ortho intramolecular Hbond substituents is 1. The van der Waals surface area contributed by atoms with Crippen LogP contribution in [0.4, 0.5) is 5.82 Å². The first-order valence-corrected chi connectivity index (χ1v) is 9.34. The summed E-state index contributed by atoms with van der Waals surface area (Å²) in [5.74, 6) is 4.05. The molecule has 0 spiro atoms. The molecule has 2 aromatic heterocycles. The van der Waals surface area contributed by atoms with Crippen LogP contribution < -0.4 is 4.90 Å². The number of rotatable bonds is 3. The van der Waals surface area contributed by atoms with E-state index in [-0.39, 0.29) is 5.75 Å². The Morgan fingerprint density at radius 3 is 2.63 bits per heavy atom. The fraction of sp³-hybridized carbons (Fsp3) is 0.400. The third kappa shape index (κ3) is 3.37. The van der Waals surface area contributed by atoms with Gasteiger partial charge in [0.1, 0.15) is 23.2 Å². The standard InChI is InChI=1S/C20H24N6O/c1-13(2)20-24-23-17-8-9-25(10-11-26(17)20)18-12-14(3)21-19(22-18)15-6-4-5-7-16(15)27/h4-7,12-13,27H,8-11H2,1-3H3. The van der Waals surface area contributed by atoms with E-state index in [9.17, 15) is 5.11 Å². The fourth-order valence-corrected chi connectivity index (χ4v) is 3.50. The van der Waals surface area contributed by atoms with E-state index < -0.39 is 0 Å². The summed E-state index contributed by atoms with van der Waals surface area (Å²) in [6.07, 6.45) is 0.828. The fourth-order valence-electron chi connectivity index (χ4n) is 3.50. The van der Waals surface area contributed by atoms with Crippen molar-refractivity contribution in [2.24, 2.45) is 0 Å². The molecule has 1 aliphatic heterocycles. The normalized spacial score (nSPS) is 14.3. The summed E-state index contributed by atoms with van der Waals surface area (Å²) in [4.78, 5) is 11.5. The predicted molar refractivity (Wildman–Crippen MR) is 104 cm³/mol. The summed E-state index contributed by atoms with van der Waals surface area (Å²) in [5.41, 5.74) is 1.53. The molecule has 0 fully saturated rings. The van der Waals surface area contributed by atoms with Crippen LogP contribution >= 0.6 is 0 Å². The smallest absolute Gasteiger partial charge is 0.165 e. The molecule has 0 unspecified atom stereocenters. The lowest BCUT2D eigenvalue weighted by Gasteiger charge is -2.22. The van der Waals surface area contributed by atoms with E-state index in [4.69, 9.17) is 4.98 Å². The Morgan fingerprint density at radius 2 is 1.85 bits per heavy atom. The van der Waals surface area contributed by atoms with Crippen LogP contribution in [0.15, 0.2) is 30.3 Å². The van der Waals surface area contributed by atoms with Crippen molar-refractivity contribution in [3.63, 3.8) is 0 Å². The third-order valence-electron chi connectivity index (χ3n) is 4.88. The quantitative estimate of drug-likeness (QED) is 0.770. The van der Waals surface area contributed by atoms with E-state index in [1.165, 1.54) is 0 Å². The van der Waals surface area contributed by atoms with Gasteiger partial charge in [0.15, 0.2) is 5.82 Å². The second-order valence-electron chi connectivity index (χ2n) is 7.23. The maximum Gasteiger partial charge on any atom is 0.165 e. The number of fused-ring (bicyclic) bond motifs is 1. The van der Waals surface area contributed by atoms with E-state index in [2.05, 4.69) is 38.5 Å². The monoisotopic (exact) mass is 364 g/mol. The number of benzene rings is 1. The van der Waals surface area contributed by atoms with Gasteiger partial charge in [-0.05, 0) is 19.1 Å². The molecule has 4 rings (SSSR count). The molecule has 140 valence electrons. The number of phenols is 1. The van der Waals surface area contributed by atoms with Crippen LogP contribution in [-0.4, -0.2) is 42.9 Å². The Balaban J connectivity index is 1.64. The first-order valence-electron chi connectivity index (χ1n) is 9.34. The molecule has 7 nitrogen and oxygen atoms in total. The average Bonchev–Trinajstić information content (AvgIpc) is 2.93. The number of aromatic hydroxyl groups is 1. The van der Waals surface area contributed by atoms with Crippen LogP contribution in [0.3, 0.4) is 0 Å². The van der Waals surface area contributed by atoms with Gasteiger partial charge in [0.2, 0.25) is 0 Å². The Kier molecular flexibility index (Phi) is 4.51. The molecule has 1 aromatic carbocycles. The van der Waals surface area contributed by atoms with Crippen LogP contribution in [0.1, 0.15) is 37.1 Å². The molecule has 3 heterocycles. The highest BCUT2D eigenvalue weighted by atomic mass is 16.3. The highest BCUT2D eigenvalue weighted by molar-refractivity contribution is 5.65. The van der Waals surface area contributed by atoms with Crippen molar-refractivity contribution in [2.45, 2.75) is 39.7 Å². The van der Waals surface area contributed by atoms with Crippen molar-refractivity contribution in [1.82, 2.24) is 24.7 Å². The molecule has 0 saturated heterocycles. The van der Waals surface area contributed by atoms with Gasteiger partial charge < -0.3 is 14.6 Å². The van der Waals surface area contributed by atoms with Crippen molar-refractivity contribution in [2.75, 3.05) is 18.0 Å². The molecule has 0 bridgehead atoms. The second kappa shape index (κ2) is 6.98. The molecule has 0 radical (unpaired) electrons. The molecule has 0 amide bonds. The van der Waals surface area contributed by atoms with Gasteiger partial charge in [0, 0.05) is 43.7 Å². The number of nitrogens with zero attached hydrogens (tertiary/aromatic N) is 6. The lowest BCUT2D eigenvalue weighted by molar-refractivity contribution is 0.477. The molecule has 0 saturated carbocycles. The van der Waals surface area contributed by atoms with Crippen molar-refractivity contribution in [3.8, 4) is 17.1 Å². The van der Waals surface area contributed by atoms with Gasteiger partial charge in [-0.2, -0.15) is 0 Å². The van der Waals surface area contributed by atoms with E-state index in [0.717, 1.165) is 49.2 Å². The maximum atomic E-state index is 10.2. The van der Waals surface area contributed by atoms with Crippen molar-refractivity contribution in [3.05, 3.63) is 47.7 Å². The van der Waals surface area contributed by atoms with Crippen LogP contribution in [0.25, 0.3) is 11.4 Å². The van der Waals surface area contributed by atoms with Crippen LogP contribution in [0.2, 0.25) is 0 Å². The topological polar surface area (TPSA) is 80.0 Å². The lowest BCUT2D eigenvalue weighted by Crippen LogP contribution is -2.28. The van der Waals surface area contributed by atoms with Crippen molar-refractivity contribution in [1.29, 1.82) is 0 Å². The van der Waals surface area contributed by atoms with E-state index in [1.807, 2.05) is 25.1 Å². The molecule has 7 heteroatoms. The van der Waals surface area contributed by atoms with E-state index in [1.54, 1.807) is 12.1 Å². The molecule has 1 N–H and O–H groups in total. The number of aromatic nitrogens is 5. The minimum absolute atomic E-state index is 0.192. The molecule has 0 atom stereocenters. The zero-order valence-electron chi connectivity index (χ0n) is 15.9. The van der Waals surface area contributed by atoms with Gasteiger partial charge in [-0.1, -0.05) is 26.0 Å². The summed E-state index contributed by atoms with van der Waals surface area (Å²) in [5, 5.41) is 18.9. The zero-order valence-corrected chi connectivity index (χ0v) is 15.9. The Hall–Kier alpha value is -2.96. The number of anilines is 1. The second-order valence-corrected chi connectivity index (χ2v) is 7.23. The first kappa shape index (κ1) is 17.5. The lowest BCUT2D eigenvalue weighted by atomic mass is 10.2. The predicted octanol–water partition coefficient (Wildman–Crippen LogP) is 2.94. The Bertz CT molecular complexity index is 965. The van der Waals surface area contributed by atoms with Gasteiger partial charge in [0.05, 0.1) is 5.56 Å². The molecule has 1 aliphatic rings. The van der Waals surface area contributed by atoms with Gasteiger partial charge in [-0.3, -0.25) is 0 Å². The number of para-hydroxylation sites is 1. The Morgan fingerprint density at radius 1 is 1.04 bits per heavy atom. The average molecular weight is 364 g/mol. The first-order chi connectivity index (χ1) is 13.0. The van der Waals surface area contributed by atoms with Crippen molar-refractivity contribution < 1.29 is 5.11 Å². The largest absolute Gasteiger partial charge is 0.507 e. The van der Waals surface area contributed by atoms with E-state index >= 15 is 0 Å². The Labute approximate surface area is 158 Å². The highest BCUT2D eigenvalue weighted by Crippen LogP contribution is 2.28. The SMILES string of the molecule is Cc1cc(N2CCc3nnc(C(C)C)n3CC2)nc(-c2ccccc2O)n1. The summed E-state index contributed by atoms with van der Waals surface area (Å²) in [7, 11) is 0. The van der Waals surface area contributed by atoms with Crippen molar-refractivity contribution >= 4 is 5.82 Å². The van der Waals surface area contributed by atoms with Gasteiger partial charge >= 0.3 is 0 Å². The zero-order chi connectivity index (χ0) is 19.0. The molecule has 27 heavy (non-hydrogen) atoms.